The molecule has 1 aromatic carbocycles. The first-order valence-corrected chi connectivity index (χ1v) is 7.20. The third-order valence-corrected chi connectivity index (χ3v) is 3.86. The van der Waals surface area contributed by atoms with E-state index in [1.54, 1.807) is 6.07 Å². The molecule has 3 aromatic rings. The molecule has 0 aliphatic heterocycles. The lowest BCUT2D eigenvalue weighted by Crippen LogP contribution is -2.00. The van der Waals surface area contributed by atoms with Crippen molar-refractivity contribution < 1.29 is 13.6 Å². The van der Waals surface area contributed by atoms with Crippen LogP contribution in [0.1, 0.15) is 22.0 Å². The summed E-state index contributed by atoms with van der Waals surface area (Å²) in [6.07, 6.45) is 0. The van der Waals surface area contributed by atoms with Gasteiger partial charge in [-0.05, 0) is 26.0 Å². The van der Waals surface area contributed by atoms with Gasteiger partial charge in [0.1, 0.15) is 11.3 Å². The molecule has 0 radical (unpaired) electrons. The molecule has 5 heteroatoms. The summed E-state index contributed by atoms with van der Waals surface area (Å²) in [4.78, 5) is 16.3. The second kappa shape index (κ2) is 5.17. The van der Waals surface area contributed by atoms with Crippen LogP contribution in [0.25, 0.3) is 11.0 Å². The van der Waals surface area contributed by atoms with E-state index in [1.807, 2.05) is 38.1 Å². The van der Waals surface area contributed by atoms with Crippen molar-refractivity contribution in [1.82, 2.24) is 4.98 Å². The van der Waals surface area contributed by atoms with E-state index in [0.717, 1.165) is 22.4 Å². The number of hydrogen-bond donors (Lipinski definition) is 0. The summed E-state index contributed by atoms with van der Waals surface area (Å²) in [6.45, 7) is 3.73. The number of oxazole rings is 1. The van der Waals surface area contributed by atoms with Crippen molar-refractivity contribution in [1.29, 1.82) is 0 Å². The van der Waals surface area contributed by atoms with Crippen molar-refractivity contribution in [2.24, 2.45) is 0 Å². The predicted octanol–water partition coefficient (Wildman–Crippen LogP) is 4.01. The number of furan rings is 1. The van der Waals surface area contributed by atoms with Crippen LogP contribution in [0.4, 0.5) is 0 Å². The Bertz CT molecular complexity index is 720. The largest absolute Gasteiger partial charge is 0.453 e. The number of Topliss-reactive ketones (excluding diaryl/α,β-unsaturated/α-hetero) is 1. The van der Waals surface area contributed by atoms with Crippen LogP contribution in [-0.2, 0) is 0 Å². The van der Waals surface area contributed by atoms with E-state index in [-0.39, 0.29) is 11.5 Å². The molecule has 0 saturated carbocycles. The molecule has 0 bridgehead atoms. The van der Waals surface area contributed by atoms with Crippen LogP contribution in [0.15, 0.2) is 44.4 Å². The maximum atomic E-state index is 12.1. The number of nitrogens with zero attached hydrogens (tertiary/aromatic N) is 1. The standard InChI is InChI=1S/C15H13NO3S/c1-9-10(2)18-15(16-9)20-8-12(17)14-7-11-5-3-4-6-13(11)19-14/h3-7H,8H2,1-2H3. The lowest BCUT2D eigenvalue weighted by molar-refractivity contribution is 0.0994. The Hall–Kier alpha value is -2.01. The molecule has 0 aliphatic carbocycles. The molecule has 0 aliphatic rings. The highest BCUT2D eigenvalue weighted by molar-refractivity contribution is 7.99. The van der Waals surface area contributed by atoms with Crippen molar-refractivity contribution in [3.8, 4) is 0 Å². The summed E-state index contributed by atoms with van der Waals surface area (Å²) < 4.78 is 11.0. The molecule has 2 aromatic heterocycles. The van der Waals surface area contributed by atoms with Gasteiger partial charge in [-0.2, -0.15) is 0 Å². The van der Waals surface area contributed by atoms with Gasteiger partial charge in [0.15, 0.2) is 5.76 Å². The minimum Gasteiger partial charge on any atom is -0.453 e. The molecule has 0 N–H and O–H groups in total. The second-order valence-corrected chi connectivity index (χ2v) is 5.41. The number of ketones is 1. The highest BCUT2D eigenvalue weighted by Gasteiger charge is 2.14. The number of carbonyl (C=O) groups excluding carboxylic acids is 1. The Balaban J connectivity index is 1.72. The van der Waals surface area contributed by atoms with Gasteiger partial charge in [-0.3, -0.25) is 4.79 Å². The summed E-state index contributed by atoms with van der Waals surface area (Å²) in [5.41, 5.74) is 1.58. The molecule has 0 atom stereocenters. The Labute approximate surface area is 120 Å². The van der Waals surface area contributed by atoms with E-state index in [0.29, 0.717) is 11.0 Å². The molecular weight excluding hydrogens is 274 g/mol. The van der Waals surface area contributed by atoms with Gasteiger partial charge in [0.2, 0.25) is 5.78 Å². The monoisotopic (exact) mass is 287 g/mol. The molecule has 0 fully saturated rings. The zero-order valence-electron chi connectivity index (χ0n) is 11.2. The molecule has 0 amide bonds. The van der Waals surface area contributed by atoms with Gasteiger partial charge in [-0.1, -0.05) is 30.0 Å². The van der Waals surface area contributed by atoms with Gasteiger partial charge in [0.05, 0.1) is 11.4 Å². The lowest BCUT2D eigenvalue weighted by atomic mass is 10.2. The van der Waals surface area contributed by atoms with E-state index in [2.05, 4.69) is 4.98 Å². The fourth-order valence-corrected chi connectivity index (χ4v) is 2.60. The Kier molecular flexibility index (Phi) is 3.36. The average Bonchev–Trinajstić information content (AvgIpc) is 3.00. The quantitative estimate of drug-likeness (QED) is 0.536. The smallest absolute Gasteiger partial charge is 0.256 e. The highest BCUT2D eigenvalue weighted by atomic mass is 32.2. The first kappa shape index (κ1) is 13.0. The highest BCUT2D eigenvalue weighted by Crippen LogP contribution is 2.23. The first-order chi connectivity index (χ1) is 9.63. The van der Waals surface area contributed by atoms with Crippen LogP contribution >= 0.6 is 11.8 Å². The maximum Gasteiger partial charge on any atom is 0.256 e. The van der Waals surface area contributed by atoms with Crippen molar-refractivity contribution in [2.75, 3.05) is 5.75 Å². The van der Waals surface area contributed by atoms with Crippen molar-refractivity contribution in [3.63, 3.8) is 0 Å². The first-order valence-electron chi connectivity index (χ1n) is 6.22. The van der Waals surface area contributed by atoms with Gasteiger partial charge in [-0.25, -0.2) is 4.98 Å². The molecular formula is C15H13NO3S. The number of para-hydroxylation sites is 1. The van der Waals surface area contributed by atoms with Crippen LogP contribution in [0, 0.1) is 13.8 Å². The number of thioether (sulfide) groups is 1. The minimum absolute atomic E-state index is 0.0697. The fourth-order valence-electron chi connectivity index (χ4n) is 1.82. The third-order valence-electron chi connectivity index (χ3n) is 3.04. The summed E-state index contributed by atoms with van der Waals surface area (Å²) >= 11 is 1.28. The van der Waals surface area contributed by atoms with Gasteiger partial charge in [-0.15, -0.1) is 0 Å². The number of aryl methyl sites for hydroxylation is 2. The van der Waals surface area contributed by atoms with E-state index in [4.69, 9.17) is 8.83 Å². The SMILES string of the molecule is Cc1nc(SCC(=O)c2cc3ccccc3o2)oc1C. The third kappa shape index (κ3) is 2.49. The van der Waals surface area contributed by atoms with Gasteiger partial charge < -0.3 is 8.83 Å². The van der Waals surface area contributed by atoms with Gasteiger partial charge >= 0.3 is 0 Å². The molecule has 20 heavy (non-hydrogen) atoms. The number of hydrogen-bond acceptors (Lipinski definition) is 5. The summed E-state index contributed by atoms with van der Waals surface area (Å²) in [6, 6.07) is 9.33. The van der Waals surface area contributed by atoms with E-state index < -0.39 is 0 Å². The Morgan fingerprint density at radius 3 is 2.75 bits per heavy atom. The Morgan fingerprint density at radius 2 is 2.05 bits per heavy atom. The molecule has 2 heterocycles. The molecule has 3 rings (SSSR count). The molecule has 4 nitrogen and oxygen atoms in total. The number of benzene rings is 1. The molecule has 0 saturated heterocycles. The normalized spacial score (nSPS) is 11.1. The second-order valence-electron chi connectivity index (χ2n) is 4.48. The predicted molar refractivity (Wildman–Crippen MR) is 77.2 cm³/mol. The average molecular weight is 287 g/mol. The lowest BCUT2D eigenvalue weighted by Gasteiger charge is -1.94. The number of fused-ring (bicyclic) bond motifs is 1. The summed E-state index contributed by atoms with van der Waals surface area (Å²) in [5, 5.41) is 1.45. The zero-order chi connectivity index (χ0) is 14.1. The number of carbonyl (C=O) groups is 1. The molecule has 0 spiro atoms. The van der Waals surface area contributed by atoms with E-state index >= 15 is 0 Å². The van der Waals surface area contributed by atoms with E-state index in [9.17, 15) is 4.79 Å². The van der Waals surface area contributed by atoms with Crippen molar-refractivity contribution >= 4 is 28.5 Å². The number of aromatic nitrogens is 1. The van der Waals surface area contributed by atoms with Crippen molar-refractivity contribution in [3.05, 3.63) is 47.5 Å². The zero-order valence-corrected chi connectivity index (χ0v) is 12.0. The molecule has 102 valence electrons. The summed E-state index contributed by atoms with van der Waals surface area (Å²) in [7, 11) is 0. The molecule has 0 unspecified atom stereocenters. The van der Waals surface area contributed by atoms with E-state index in [1.165, 1.54) is 11.8 Å². The van der Waals surface area contributed by atoms with Crippen LogP contribution in [0.2, 0.25) is 0 Å². The van der Waals surface area contributed by atoms with Crippen LogP contribution in [0.5, 0.6) is 0 Å². The minimum atomic E-state index is -0.0697. The fraction of sp³-hybridized carbons (Fsp3) is 0.200. The number of rotatable bonds is 4. The Morgan fingerprint density at radius 1 is 1.25 bits per heavy atom. The van der Waals surface area contributed by atoms with Gasteiger partial charge in [0, 0.05) is 5.39 Å². The van der Waals surface area contributed by atoms with Gasteiger partial charge in [0.25, 0.3) is 5.22 Å². The maximum absolute atomic E-state index is 12.1. The summed E-state index contributed by atoms with van der Waals surface area (Å²) in [5.74, 6) is 1.33. The van der Waals surface area contributed by atoms with Crippen LogP contribution in [0.3, 0.4) is 0 Å². The van der Waals surface area contributed by atoms with Crippen molar-refractivity contribution in [2.45, 2.75) is 19.1 Å². The van der Waals surface area contributed by atoms with Crippen LogP contribution < -0.4 is 0 Å². The van der Waals surface area contributed by atoms with Crippen LogP contribution in [-0.4, -0.2) is 16.5 Å². The topological polar surface area (TPSA) is 56.2 Å².